The molecule has 0 unspecified atom stereocenters. The van der Waals surface area contributed by atoms with Crippen LogP contribution >= 0.6 is 0 Å². The van der Waals surface area contributed by atoms with Crippen LogP contribution in [0.1, 0.15) is 0 Å². The van der Waals surface area contributed by atoms with Crippen LogP contribution in [0.2, 0.25) is 0 Å². The molecular formula is C30H22O3S. The quantitative estimate of drug-likeness (QED) is 0.274. The summed E-state index contributed by atoms with van der Waals surface area (Å²) in [6, 6.07) is 41.4. The summed E-state index contributed by atoms with van der Waals surface area (Å²) in [5.41, 5.74) is 8.28. The van der Waals surface area contributed by atoms with E-state index in [4.69, 9.17) is 0 Å². The van der Waals surface area contributed by atoms with Crippen molar-refractivity contribution in [2.45, 2.75) is 4.90 Å². The molecule has 0 spiro atoms. The van der Waals surface area contributed by atoms with Gasteiger partial charge in [-0.1, -0.05) is 103 Å². The molecule has 166 valence electrons. The van der Waals surface area contributed by atoms with Crippen LogP contribution in [-0.4, -0.2) is 13.0 Å². The summed E-state index contributed by atoms with van der Waals surface area (Å²) < 4.78 is 32.7. The third-order valence-electron chi connectivity index (χ3n) is 5.86. The van der Waals surface area contributed by atoms with Crippen LogP contribution in [0.4, 0.5) is 0 Å². The Morgan fingerprint density at radius 2 is 0.853 bits per heavy atom. The fraction of sp³-hybridized carbons (Fsp3) is 0. The number of hydrogen-bond donors (Lipinski definition) is 1. The summed E-state index contributed by atoms with van der Waals surface area (Å²) in [5.74, 6) is 0. The van der Waals surface area contributed by atoms with E-state index in [0.717, 1.165) is 44.5 Å². The molecule has 0 fully saturated rings. The van der Waals surface area contributed by atoms with Crippen LogP contribution in [-0.2, 0) is 10.1 Å². The average molecular weight is 463 g/mol. The second-order valence-electron chi connectivity index (χ2n) is 8.04. The molecule has 0 aliphatic carbocycles. The lowest BCUT2D eigenvalue weighted by Crippen LogP contribution is -1.98. The minimum absolute atomic E-state index is 0.125. The number of hydrogen-bond acceptors (Lipinski definition) is 2. The third-order valence-corrected chi connectivity index (χ3v) is 6.72. The molecule has 4 heteroatoms. The molecule has 0 saturated heterocycles. The minimum atomic E-state index is -4.27. The van der Waals surface area contributed by atoms with Gasteiger partial charge < -0.3 is 0 Å². The van der Waals surface area contributed by atoms with Gasteiger partial charge in [0.15, 0.2) is 0 Å². The van der Waals surface area contributed by atoms with Gasteiger partial charge >= 0.3 is 0 Å². The second kappa shape index (κ2) is 9.10. The summed E-state index contributed by atoms with van der Waals surface area (Å²) in [6.07, 6.45) is 0. The molecule has 0 aliphatic rings. The van der Waals surface area contributed by atoms with Gasteiger partial charge in [-0.05, 0) is 68.8 Å². The molecular weight excluding hydrogens is 440 g/mol. The first-order valence-corrected chi connectivity index (χ1v) is 12.4. The highest BCUT2D eigenvalue weighted by Gasteiger charge is 2.18. The fourth-order valence-corrected chi connectivity index (χ4v) is 4.71. The Bertz CT molecular complexity index is 1470. The Labute approximate surface area is 199 Å². The van der Waals surface area contributed by atoms with E-state index in [1.165, 1.54) is 12.1 Å². The van der Waals surface area contributed by atoms with Crippen LogP contribution in [0, 0.1) is 0 Å². The summed E-state index contributed by atoms with van der Waals surface area (Å²) in [7, 11) is -4.27. The minimum Gasteiger partial charge on any atom is -0.282 e. The summed E-state index contributed by atoms with van der Waals surface area (Å²) >= 11 is 0. The van der Waals surface area contributed by atoms with E-state index in [-0.39, 0.29) is 4.90 Å². The van der Waals surface area contributed by atoms with Crippen LogP contribution in [0.5, 0.6) is 0 Å². The largest absolute Gasteiger partial charge is 0.294 e. The van der Waals surface area contributed by atoms with Crippen molar-refractivity contribution in [3.05, 3.63) is 127 Å². The number of rotatable bonds is 5. The van der Waals surface area contributed by atoms with Crippen LogP contribution in [0.15, 0.2) is 132 Å². The highest BCUT2D eigenvalue weighted by atomic mass is 32.2. The third kappa shape index (κ3) is 4.42. The summed E-state index contributed by atoms with van der Waals surface area (Å²) in [5, 5.41) is 0. The van der Waals surface area contributed by atoms with Gasteiger partial charge in [-0.25, -0.2) is 0 Å². The molecule has 0 amide bonds. The van der Waals surface area contributed by atoms with Crippen molar-refractivity contribution >= 4 is 10.1 Å². The van der Waals surface area contributed by atoms with Crippen LogP contribution < -0.4 is 0 Å². The predicted octanol–water partition coefficient (Wildman–Crippen LogP) is 7.60. The van der Waals surface area contributed by atoms with Gasteiger partial charge in [0.05, 0.1) is 4.90 Å². The highest BCUT2D eigenvalue weighted by Crippen LogP contribution is 2.43. The average Bonchev–Trinajstić information content (AvgIpc) is 2.89. The topological polar surface area (TPSA) is 54.4 Å². The molecule has 0 atom stereocenters. The molecule has 0 aliphatic heterocycles. The van der Waals surface area contributed by atoms with Gasteiger partial charge in [-0.15, -0.1) is 0 Å². The van der Waals surface area contributed by atoms with Crippen LogP contribution in [0.3, 0.4) is 0 Å². The zero-order valence-electron chi connectivity index (χ0n) is 18.3. The molecule has 5 aromatic rings. The first-order valence-electron chi connectivity index (χ1n) is 10.9. The fourth-order valence-electron chi connectivity index (χ4n) is 4.23. The van der Waals surface area contributed by atoms with Crippen molar-refractivity contribution in [1.82, 2.24) is 0 Å². The van der Waals surface area contributed by atoms with Crippen molar-refractivity contribution in [1.29, 1.82) is 0 Å². The molecule has 5 aromatic carbocycles. The molecule has 0 saturated carbocycles. The molecule has 0 heterocycles. The lowest BCUT2D eigenvalue weighted by Gasteiger charge is -2.19. The monoisotopic (exact) mass is 462 g/mol. The van der Waals surface area contributed by atoms with Gasteiger partial charge in [-0.2, -0.15) is 8.42 Å². The van der Waals surface area contributed by atoms with Gasteiger partial charge in [0.1, 0.15) is 0 Å². The van der Waals surface area contributed by atoms with Crippen molar-refractivity contribution < 1.29 is 13.0 Å². The van der Waals surface area contributed by atoms with E-state index in [9.17, 15) is 13.0 Å². The van der Waals surface area contributed by atoms with Crippen molar-refractivity contribution in [2.75, 3.05) is 0 Å². The van der Waals surface area contributed by atoms with E-state index in [2.05, 4.69) is 48.5 Å². The van der Waals surface area contributed by atoms with Crippen molar-refractivity contribution in [3.8, 4) is 44.5 Å². The summed E-state index contributed by atoms with van der Waals surface area (Å²) in [6.45, 7) is 0. The molecule has 0 aromatic heterocycles. The van der Waals surface area contributed by atoms with Crippen molar-refractivity contribution in [3.63, 3.8) is 0 Å². The van der Waals surface area contributed by atoms with Gasteiger partial charge in [-0.3, -0.25) is 4.55 Å². The predicted molar refractivity (Wildman–Crippen MR) is 138 cm³/mol. The number of benzene rings is 5. The molecule has 3 nitrogen and oxygen atoms in total. The van der Waals surface area contributed by atoms with Gasteiger partial charge in [0.2, 0.25) is 0 Å². The van der Waals surface area contributed by atoms with E-state index < -0.39 is 10.1 Å². The summed E-state index contributed by atoms with van der Waals surface area (Å²) in [4.78, 5) is -0.125. The van der Waals surface area contributed by atoms with Gasteiger partial charge in [0.25, 0.3) is 10.1 Å². The molecule has 34 heavy (non-hydrogen) atoms. The Balaban J connectivity index is 1.84. The molecule has 0 bridgehead atoms. The van der Waals surface area contributed by atoms with E-state index in [1.54, 1.807) is 12.1 Å². The highest BCUT2D eigenvalue weighted by molar-refractivity contribution is 7.85. The smallest absolute Gasteiger partial charge is 0.282 e. The molecule has 0 radical (unpaired) electrons. The Hall–Kier alpha value is -3.99. The first kappa shape index (κ1) is 21.8. The maximum absolute atomic E-state index is 11.6. The van der Waals surface area contributed by atoms with E-state index in [0.29, 0.717) is 0 Å². The lowest BCUT2D eigenvalue weighted by molar-refractivity contribution is 0.483. The standard InChI is InChI=1S/C30H22O3S/c31-34(32,33)27-18-16-25(17-19-27)30-28(23-12-6-2-7-13-23)20-26(22-10-4-1-5-11-22)21-29(30)24-14-8-3-9-15-24/h1-21H,(H,31,32,33). The lowest BCUT2D eigenvalue weighted by atomic mass is 9.85. The Kier molecular flexibility index (Phi) is 5.84. The SMILES string of the molecule is O=S(=O)(O)c1ccc(-c2c(-c3ccccc3)cc(-c3ccccc3)cc2-c2ccccc2)cc1. The molecule has 1 N–H and O–H groups in total. The molecule has 5 rings (SSSR count). The Morgan fingerprint density at radius 3 is 1.26 bits per heavy atom. The van der Waals surface area contributed by atoms with E-state index in [1.807, 2.05) is 54.6 Å². The zero-order valence-corrected chi connectivity index (χ0v) is 19.1. The van der Waals surface area contributed by atoms with Gasteiger partial charge in [0, 0.05) is 0 Å². The maximum Gasteiger partial charge on any atom is 0.294 e. The maximum atomic E-state index is 11.6. The van der Waals surface area contributed by atoms with Crippen molar-refractivity contribution in [2.24, 2.45) is 0 Å². The second-order valence-corrected chi connectivity index (χ2v) is 9.47. The van der Waals surface area contributed by atoms with E-state index >= 15 is 0 Å². The normalized spacial score (nSPS) is 11.3. The van der Waals surface area contributed by atoms with Crippen LogP contribution in [0.25, 0.3) is 44.5 Å². The zero-order chi connectivity index (χ0) is 23.5. The Morgan fingerprint density at radius 1 is 0.441 bits per heavy atom. The first-order chi connectivity index (χ1) is 16.5.